The number of aromatic amines is 2. The molecule has 45 heavy (non-hydrogen) atoms. The van der Waals surface area contributed by atoms with Crippen LogP contribution in [0.3, 0.4) is 0 Å². The van der Waals surface area contributed by atoms with Crippen LogP contribution in [0.25, 0.3) is 57.5 Å². The van der Waals surface area contributed by atoms with Gasteiger partial charge in [0.15, 0.2) is 0 Å². The van der Waals surface area contributed by atoms with Crippen LogP contribution < -0.4 is 0 Å². The topological polar surface area (TPSA) is 191 Å². The molecule has 0 saturated heterocycles. The number of benzene rings is 1. The summed E-state index contributed by atoms with van der Waals surface area (Å²) in [6.45, 7) is -0.630. The van der Waals surface area contributed by atoms with Gasteiger partial charge in [0.25, 0.3) is 0 Å². The number of rotatable bonds is 10. The Labute approximate surface area is 257 Å². The summed E-state index contributed by atoms with van der Waals surface area (Å²) in [6, 6.07) is 21.9. The fourth-order valence-corrected chi connectivity index (χ4v) is 6.18. The summed E-state index contributed by atoms with van der Waals surface area (Å²) in [7, 11) is -9.49. The summed E-state index contributed by atoms with van der Waals surface area (Å²) in [5.74, 6) is -0.537. The Morgan fingerprint density at radius 1 is 0.667 bits per heavy atom. The number of aromatic nitrogens is 4. The highest BCUT2D eigenvalue weighted by Crippen LogP contribution is 2.40. The Bertz CT molecular complexity index is 1920. The normalized spacial score (nSPS) is 13.2. The zero-order valence-corrected chi connectivity index (χ0v) is 25.6. The Morgan fingerprint density at radius 2 is 1.16 bits per heavy atom. The molecular weight excluding hydrogens is 618 g/mol. The van der Waals surface area contributed by atoms with Crippen LogP contribution in [0.1, 0.15) is 47.1 Å². The monoisotopic (exact) mass is 648 g/mol. The molecule has 12 nitrogen and oxygen atoms in total. The number of nitrogens with zero attached hydrogens (tertiary/aromatic N) is 2. The second-order valence-corrected chi connectivity index (χ2v) is 13.0. The second kappa shape index (κ2) is 12.8. The lowest BCUT2D eigenvalue weighted by Gasteiger charge is -2.19. The minimum atomic E-state index is -4.74. The fraction of sp³-hybridized carbons (Fsp3) is 0.161. The van der Waals surface area contributed by atoms with Crippen LogP contribution in [0.5, 0.6) is 0 Å². The van der Waals surface area contributed by atoms with Crippen molar-refractivity contribution in [1.29, 1.82) is 0 Å². The molecule has 0 spiro atoms. The van der Waals surface area contributed by atoms with Gasteiger partial charge in [-0.1, -0.05) is 30.3 Å². The van der Waals surface area contributed by atoms with E-state index in [1.807, 2.05) is 78.9 Å². The van der Waals surface area contributed by atoms with Gasteiger partial charge < -0.3 is 29.5 Å². The number of phosphoric acid groups is 2. The Balaban J connectivity index is 1.55. The van der Waals surface area contributed by atoms with Crippen molar-refractivity contribution in [3.05, 3.63) is 95.1 Å². The highest BCUT2D eigenvalue weighted by molar-refractivity contribution is 7.46. The molecule has 3 aromatic heterocycles. The van der Waals surface area contributed by atoms with E-state index in [9.17, 15) is 28.7 Å². The minimum absolute atomic E-state index is 0.0981. The van der Waals surface area contributed by atoms with Crippen molar-refractivity contribution >= 4 is 62.0 Å². The number of phosphoric ester groups is 2. The maximum absolute atomic E-state index is 11.4. The van der Waals surface area contributed by atoms with Crippen molar-refractivity contribution in [3.63, 3.8) is 0 Å². The Kier molecular flexibility index (Phi) is 8.83. The molecule has 0 atom stereocenters. The first-order valence-electron chi connectivity index (χ1n) is 14.1. The average Bonchev–Trinajstić information content (AvgIpc) is 3.79. The summed E-state index contributed by atoms with van der Waals surface area (Å²) >= 11 is 0. The van der Waals surface area contributed by atoms with Gasteiger partial charge in [-0.3, -0.25) is 9.05 Å². The fourth-order valence-electron chi connectivity index (χ4n) is 5.49. The molecule has 1 aromatic carbocycles. The number of fused-ring (bicyclic) bond motifs is 8. The third kappa shape index (κ3) is 7.83. The van der Waals surface area contributed by atoms with Crippen LogP contribution >= 0.6 is 15.6 Å². The zero-order chi connectivity index (χ0) is 31.6. The molecule has 0 fully saturated rings. The van der Waals surface area contributed by atoms with Gasteiger partial charge in [0, 0.05) is 33.2 Å². The van der Waals surface area contributed by atoms with Crippen molar-refractivity contribution in [1.82, 2.24) is 19.9 Å². The predicted molar refractivity (Wildman–Crippen MR) is 172 cm³/mol. The van der Waals surface area contributed by atoms with E-state index in [1.165, 1.54) is 0 Å². The third-order valence-electron chi connectivity index (χ3n) is 7.36. The highest BCUT2D eigenvalue weighted by atomic mass is 31.2. The molecule has 0 unspecified atom stereocenters. The van der Waals surface area contributed by atoms with Gasteiger partial charge in [0.05, 0.1) is 36.0 Å². The molecule has 2 aliphatic heterocycles. The summed E-state index contributed by atoms with van der Waals surface area (Å²) in [5.41, 5.74) is 8.57. The van der Waals surface area contributed by atoms with Gasteiger partial charge in [0.1, 0.15) is 0 Å². The molecule has 2 aliphatic rings. The lowest BCUT2D eigenvalue weighted by atomic mass is 9.90. The summed E-state index contributed by atoms with van der Waals surface area (Å²) in [6.07, 6.45) is 7.53. The molecule has 6 rings (SSSR count). The molecule has 0 amide bonds. The van der Waals surface area contributed by atoms with Gasteiger partial charge >= 0.3 is 15.6 Å². The second-order valence-electron chi connectivity index (χ2n) is 10.5. The average molecular weight is 649 g/mol. The van der Waals surface area contributed by atoms with E-state index in [4.69, 9.17) is 19.0 Å². The van der Waals surface area contributed by atoms with Crippen molar-refractivity contribution in [3.8, 4) is 11.1 Å². The first-order valence-corrected chi connectivity index (χ1v) is 17.1. The van der Waals surface area contributed by atoms with Crippen LogP contribution in [0.15, 0.2) is 66.7 Å². The lowest BCUT2D eigenvalue weighted by Crippen LogP contribution is -2.10. The Morgan fingerprint density at radius 3 is 1.62 bits per heavy atom. The van der Waals surface area contributed by atoms with Gasteiger partial charge in [-0.25, -0.2) is 19.1 Å². The highest BCUT2D eigenvalue weighted by Gasteiger charge is 2.25. The molecule has 4 aromatic rings. The third-order valence-corrected chi connectivity index (χ3v) is 8.40. The van der Waals surface area contributed by atoms with Gasteiger partial charge in [-0.05, 0) is 85.0 Å². The molecule has 5 heterocycles. The number of hydrogen-bond donors (Lipinski definition) is 6. The van der Waals surface area contributed by atoms with Crippen LogP contribution in [-0.4, -0.2) is 52.7 Å². The lowest BCUT2D eigenvalue weighted by molar-refractivity contribution is 0.176. The molecular formula is C31H30N4O8P2. The first kappa shape index (κ1) is 31.0. The Hall–Kier alpha value is -3.96. The van der Waals surface area contributed by atoms with E-state index in [-0.39, 0.29) is 26.1 Å². The van der Waals surface area contributed by atoms with E-state index in [2.05, 4.69) is 22.1 Å². The molecule has 0 radical (unpaired) electrons. The van der Waals surface area contributed by atoms with Crippen molar-refractivity contribution in [2.75, 3.05) is 13.2 Å². The van der Waals surface area contributed by atoms with Crippen molar-refractivity contribution < 1.29 is 37.8 Å². The van der Waals surface area contributed by atoms with Gasteiger partial charge in [-0.2, -0.15) is 0 Å². The molecule has 14 heteroatoms. The predicted octanol–water partition coefficient (Wildman–Crippen LogP) is 6.41. The van der Waals surface area contributed by atoms with Crippen LogP contribution in [0.4, 0.5) is 0 Å². The van der Waals surface area contributed by atoms with E-state index < -0.39 is 21.6 Å². The molecule has 8 bridgehead atoms. The number of nitrogens with one attached hydrogen (secondary N) is 2. The largest absolute Gasteiger partial charge is 0.469 e. The SMILES string of the molecule is O=P(O)(O)OCCC(CCOP(=O)(O)O)c1c2nc(cc3ccc([nH]3)c(-c3ccccc3)c3ccc(cc4nc1C=C4)[nH]3)C=C2. The summed E-state index contributed by atoms with van der Waals surface area (Å²) < 4.78 is 32.3. The summed E-state index contributed by atoms with van der Waals surface area (Å²) in [5, 5.41) is 0. The standard InChI is InChI=1S/C31H30N4O8P2/c36-44(37,38)42-16-14-21(15-17-43-45(39,40)41)31-28-12-8-24(34-28)18-22-6-10-26(32-22)30(20-4-2-1-3-5-20)27-11-7-23(33-27)19-25-9-13-29(31)35-25/h1-13,18-19,21,32-33H,14-17H2,(H2,36,37,38)(H2,39,40,41). The molecule has 0 aliphatic carbocycles. The first-order chi connectivity index (χ1) is 21.5. The summed E-state index contributed by atoms with van der Waals surface area (Å²) in [4.78, 5) is 53.7. The minimum Gasteiger partial charge on any atom is -0.355 e. The van der Waals surface area contributed by atoms with Crippen LogP contribution in [0.2, 0.25) is 0 Å². The molecule has 232 valence electrons. The molecule has 0 saturated carbocycles. The maximum Gasteiger partial charge on any atom is 0.469 e. The number of hydrogen-bond acceptors (Lipinski definition) is 6. The maximum atomic E-state index is 11.4. The van der Waals surface area contributed by atoms with Gasteiger partial charge in [-0.15, -0.1) is 0 Å². The van der Waals surface area contributed by atoms with Gasteiger partial charge in [0.2, 0.25) is 0 Å². The van der Waals surface area contributed by atoms with Crippen LogP contribution in [0, 0.1) is 0 Å². The van der Waals surface area contributed by atoms with Crippen molar-refractivity contribution in [2.24, 2.45) is 0 Å². The smallest absolute Gasteiger partial charge is 0.355 e. The zero-order valence-electron chi connectivity index (χ0n) is 23.8. The van der Waals surface area contributed by atoms with E-state index >= 15 is 0 Å². The van der Waals surface area contributed by atoms with E-state index in [1.54, 1.807) is 0 Å². The number of H-pyrrole nitrogens is 2. The van der Waals surface area contributed by atoms with E-state index in [0.29, 0.717) is 28.3 Å². The van der Waals surface area contributed by atoms with Crippen molar-refractivity contribution in [2.45, 2.75) is 18.8 Å². The van der Waals surface area contributed by atoms with Crippen LogP contribution in [-0.2, 0) is 18.2 Å². The molecule has 6 N–H and O–H groups in total. The van der Waals surface area contributed by atoms with E-state index in [0.717, 1.165) is 33.2 Å². The quantitative estimate of drug-likeness (QED) is 0.0906.